The number of amides is 1. The standard InChI is InChI=1S/C16H29NO3/c1-11-6-5-7-12(10-11)8-9-17-14(18)13(15(19)20)16(2,3)4/h11-13H,5-10H2,1-4H3,(H,17,18)(H,19,20). The molecule has 0 heterocycles. The summed E-state index contributed by atoms with van der Waals surface area (Å²) in [7, 11) is 0. The van der Waals surface area contributed by atoms with Crippen molar-refractivity contribution in [3.8, 4) is 0 Å². The molecule has 1 fully saturated rings. The highest BCUT2D eigenvalue weighted by Crippen LogP contribution is 2.30. The predicted molar refractivity (Wildman–Crippen MR) is 79.3 cm³/mol. The lowest BCUT2D eigenvalue weighted by Gasteiger charge is -2.28. The molecule has 0 aromatic carbocycles. The van der Waals surface area contributed by atoms with E-state index in [1.807, 2.05) is 0 Å². The second kappa shape index (κ2) is 7.09. The Balaban J connectivity index is 2.40. The largest absolute Gasteiger partial charge is 0.481 e. The zero-order valence-corrected chi connectivity index (χ0v) is 13.2. The summed E-state index contributed by atoms with van der Waals surface area (Å²) in [6.07, 6.45) is 6.03. The Morgan fingerprint density at radius 3 is 2.45 bits per heavy atom. The third-order valence-electron chi connectivity index (χ3n) is 4.27. The molecule has 0 spiro atoms. The molecule has 1 aliphatic rings. The molecule has 1 rings (SSSR count). The quantitative estimate of drug-likeness (QED) is 0.762. The van der Waals surface area contributed by atoms with Crippen LogP contribution >= 0.6 is 0 Å². The molecule has 0 bridgehead atoms. The normalized spacial score (nSPS) is 25.0. The summed E-state index contributed by atoms with van der Waals surface area (Å²) in [5, 5.41) is 12.0. The zero-order valence-electron chi connectivity index (χ0n) is 13.2. The fourth-order valence-electron chi connectivity index (χ4n) is 3.20. The highest BCUT2D eigenvalue weighted by Gasteiger charge is 2.37. The Labute approximate surface area is 122 Å². The number of nitrogens with one attached hydrogen (secondary N) is 1. The molecule has 0 saturated heterocycles. The van der Waals surface area contributed by atoms with Crippen LogP contribution in [-0.4, -0.2) is 23.5 Å². The molecular formula is C16H29NO3. The van der Waals surface area contributed by atoms with Crippen molar-refractivity contribution in [3.05, 3.63) is 0 Å². The van der Waals surface area contributed by atoms with E-state index in [1.165, 1.54) is 25.7 Å². The zero-order chi connectivity index (χ0) is 15.3. The van der Waals surface area contributed by atoms with Gasteiger partial charge in [0.15, 0.2) is 0 Å². The van der Waals surface area contributed by atoms with E-state index in [-0.39, 0.29) is 5.91 Å². The van der Waals surface area contributed by atoms with Gasteiger partial charge in [-0.1, -0.05) is 47.0 Å². The molecule has 3 atom stereocenters. The molecule has 0 aromatic rings. The van der Waals surface area contributed by atoms with E-state index in [0.29, 0.717) is 12.5 Å². The Hall–Kier alpha value is -1.06. The number of carboxylic acid groups (broad SMARTS) is 1. The topological polar surface area (TPSA) is 66.4 Å². The van der Waals surface area contributed by atoms with E-state index in [0.717, 1.165) is 12.3 Å². The number of aliphatic carboxylic acids is 1. The minimum absolute atomic E-state index is 0.353. The first kappa shape index (κ1) is 17.0. The summed E-state index contributed by atoms with van der Waals surface area (Å²) >= 11 is 0. The number of rotatable bonds is 5. The second-order valence-electron chi connectivity index (χ2n) is 7.35. The van der Waals surface area contributed by atoms with Crippen molar-refractivity contribution in [2.24, 2.45) is 23.2 Å². The van der Waals surface area contributed by atoms with Gasteiger partial charge in [0.2, 0.25) is 5.91 Å². The summed E-state index contributed by atoms with van der Waals surface area (Å²) in [4.78, 5) is 23.3. The van der Waals surface area contributed by atoms with Crippen LogP contribution in [0.4, 0.5) is 0 Å². The van der Waals surface area contributed by atoms with Crippen LogP contribution in [0.3, 0.4) is 0 Å². The Morgan fingerprint density at radius 2 is 1.95 bits per heavy atom. The molecular weight excluding hydrogens is 254 g/mol. The number of hydrogen-bond acceptors (Lipinski definition) is 2. The number of carboxylic acids is 1. The van der Waals surface area contributed by atoms with Gasteiger partial charge < -0.3 is 10.4 Å². The van der Waals surface area contributed by atoms with Crippen LogP contribution in [-0.2, 0) is 9.59 Å². The van der Waals surface area contributed by atoms with Crippen LogP contribution in [0.15, 0.2) is 0 Å². The summed E-state index contributed by atoms with van der Waals surface area (Å²) in [6.45, 7) is 8.23. The van der Waals surface area contributed by atoms with Gasteiger partial charge >= 0.3 is 5.97 Å². The van der Waals surface area contributed by atoms with E-state index in [2.05, 4.69) is 12.2 Å². The average Bonchev–Trinajstić information content (AvgIpc) is 2.26. The van der Waals surface area contributed by atoms with Crippen LogP contribution in [0.2, 0.25) is 0 Å². The first-order valence-corrected chi connectivity index (χ1v) is 7.72. The molecule has 3 unspecified atom stereocenters. The summed E-state index contributed by atoms with van der Waals surface area (Å²) in [6, 6.07) is 0. The van der Waals surface area contributed by atoms with Gasteiger partial charge in [-0.05, 0) is 30.1 Å². The fourth-order valence-corrected chi connectivity index (χ4v) is 3.20. The number of hydrogen-bond donors (Lipinski definition) is 2. The first-order chi connectivity index (χ1) is 9.21. The summed E-state index contributed by atoms with van der Waals surface area (Å²) in [5.74, 6) is -0.911. The van der Waals surface area contributed by atoms with Crippen molar-refractivity contribution in [1.29, 1.82) is 0 Å². The van der Waals surface area contributed by atoms with E-state index in [1.54, 1.807) is 20.8 Å². The van der Waals surface area contributed by atoms with Gasteiger partial charge in [-0.3, -0.25) is 9.59 Å². The molecule has 2 N–H and O–H groups in total. The molecule has 0 aliphatic heterocycles. The van der Waals surface area contributed by atoms with Crippen molar-refractivity contribution in [2.45, 2.75) is 59.8 Å². The third kappa shape index (κ3) is 5.14. The molecule has 116 valence electrons. The summed E-state index contributed by atoms with van der Waals surface area (Å²) < 4.78 is 0. The van der Waals surface area contributed by atoms with Gasteiger partial charge in [0.05, 0.1) is 0 Å². The van der Waals surface area contributed by atoms with E-state index in [9.17, 15) is 14.7 Å². The van der Waals surface area contributed by atoms with Crippen LogP contribution in [0, 0.1) is 23.2 Å². The van der Waals surface area contributed by atoms with Crippen LogP contribution in [0.1, 0.15) is 59.8 Å². The van der Waals surface area contributed by atoms with E-state index >= 15 is 0 Å². The maximum atomic E-state index is 12.0. The van der Waals surface area contributed by atoms with Crippen LogP contribution in [0.5, 0.6) is 0 Å². The van der Waals surface area contributed by atoms with Crippen molar-refractivity contribution in [2.75, 3.05) is 6.54 Å². The molecule has 4 nitrogen and oxygen atoms in total. The minimum atomic E-state index is -1.04. The van der Waals surface area contributed by atoms with Crippen molar-refractivity contribution >= 4 is 11.9 Å². The van der Waals surface area contributed by atoms with Gasteiger partial charge in [0.1, 0.15) is 5.92 Å². The van der Waals surface area contributed by atoms with Gasteiger partial charge in [0.25, 0.3) is 0 Å². The molecule has 1 aliphatic carbocycles. The third-order valence-corrected chi connectivity index (χ3v) is 4.27. The predicted octanol–water partition coefficient (Wildman–Crippen LogP) is 3.07. The number of carbonyl (C=O) groups is 2. The van der Waals surface area contributed by atoms with Gasteiger partial charge in [-0.2, -0.15) is 0 Å². The second-order valence-corrected chi connectivity index (χ2v) is 7.35. The van der Waals surface area contributed by atoms with Gasteiger partial charge in [-0.15, -0.1) is 0 Å². The number of carbonyl (C=O) groups excluding carboxylic acids is 1. The smallest absolute Gasteiger partial charge is 0.316 e. The molecule has 20 heavy (non-hydrogen) atoms. The lowest BCUT2D eigenvalue weighted by molar-refractivity contribution is -0.151. The lowest BCUT2D eigenvalue weighted by atomic mass is 9.79. The minimum Gasteiger partial charge on any atom is -0.481 e. The van der Waals surface area contributed by atoms with Crippen LogP contribution in [0.25, 0.3) is 0 Å². The average molecular weight is 283 g/mol. The van der Waals surface area contributed by atoms with Gasteiger partial charge in [0, 0.05) is 6.54 Å². The monoisotopic (exact) mass is 283 g/mol. The van der Waals surface area contributed by atoms with Crippen molar-refractivity contribution < 1.29 is 14.7 Å². The fraction of sp³-hybridized carbons (Fsp3) is 0.875. The van der Waals surface area contributed by atoms with E-state index in [4.69, 9.17) is 0 Å². The molecule has 4 heteroatoms. The lowest BCUT2D eigenvalue weighted by Crippen LogP contribution is -2.43. The Morgan fingerprint density at radius 1 is 1.30 bits per heavy atom. The van der Waals surface area contributed by atoms with Crippen molar-refractivity contribution in [1.82, 2.24) is 5.32 Å². The molecule has 1 saturated carbocycles. The maximum absolute atomic E-state index is 12.0. The Bertz CT molecular complexity index is 346. The molecule has 0 radical (unpaired) electrons. The Kier molecular flexibility index (Phi) is 6.03. The highest BCUT2D eigenvalue weighted by atomic mass is 16.4. The summed E-state index contributed by atoms with van der Waals surface area (Å²) in [5.41, 5.74) is -0.560. The SMILES string of the molecule is CC1CCCC(CCNC(=O)C(C(=O)O)C(C)(C)C)C1. The highest BCUT2D eigenvalue weighted by molar-refractivity contribution is 5.97. The van der Waals surface area contributed by atoms with Crippen LogP contribution < -0.4 is 5.32 Å². The maximum Gasteiger partial charge on any atom is 0.316 e. The van der Waals surface area contributed by atoms with Gasteiger partial charge in [-0.25, -0.2) is 0 Å². The molecule has 0 aromatic heterocycles. The molecule has 1 amide bonds. The van der Waals surface area contributed by atoms with E-state index < -0.39 is 17.3 Å². The van der Waals surface area contributed by atoms with Crippen molar-refractivity contribution in [3.63, 3.8) is 0 Å². The first-order valence-electron chi connectivity index (χ1n) is 7.72.